The molecule has 0 radical (unpaired) electrons. The fraction of sp³-hybridized carbons (Fsp3) is 0.300. The third-order valence-corrected chi connectivity index (χ3v) is 2.05. The fourth-order valence-electron chi connectivity index (χ4n) is 1.33. The maximum atomic E-state index is 13.3. The van der Waals surface area contributed by atoms with Crippen molar-refractivity contribution in [1.82, 2.24) is 0 Å². The third kappa shape index (κ3) is 2.07. The van der Waals surface area contributed by atoms with E-state index in [2.05, 4.69) is 0 Å². The van der Waals surface area contributed by atoms with Crippen LogP contribution in [0.3, 0.4) is 0 Å². The summed E-state index contributed by atoms with van der Waals surface area (Å²) in [5, 5.41) is 17.9. The van der Waals surface area contributed by atoms with Crippen LogP contribution in [0.5, 0.6) is 5.75 Å². The van der Waals surface area contributed by atoms with Gasteiger partial charge in [0.2, 0.25) is 0 Å². The Labute approximate surface area is 85.9 Å². The quantitative estimate of drug-likeness (QED) is 0.794. The number of carboxylic acids is 1. The highest BCUT2D eigenvalue weighted by Crippen LogP contribution is 2.31. The SMILES string of the molecule is COc1c(C)ccc(F)c1C(O)C(=O)O. The van der Waals surface area contributed by atoms with Gasteiger partial charge in [0.15, 0.2) is 6.10 Å². The van der Waals surface area contributed by atoms with E-state index in [0.29, 0.717) is 5.56 Å². The number of carboxylic acid groups (broad SMARTS) is 1. The lowest BCUT2D eigenvalue weighted by Crippen LogP contribution is -2.14. The van der Waals surface area contributed by atoms with Crippen molar-refractivity contribution >= 4 is 5.97 Å². The van der Waals surface area contributed by atoms with E-state index in [1.54, 1.807) is 6.92 Å². The van der Waals surface area contributed by atoms with Gasteiger partial charge in [0.25, 0.3) is 0 Å². The Morgan fingerprint density at radius 2 is 2.13 bits per heavy atom. The van der Waals surface area contributed by atoms with Crippen LogP contribution in [-0.4, -0.2) is 23.3 Å². The van der Waals surface area contributed by atoms with Crippen molar-refractivity contribution in [2.24, 2.45) is 0 Å². The first-order chi connectivity index (χ1) is 6.99. The van der Waals surface area contributed by atoms with E-state index in [1.165, 1.54) is 13.2 Å². The van der Waals surface area contributed by atoms with Gasteiger partial charge in [0.05, 0.1) is 12.7 Å². The Kier molecular flexibility index (Phi) is 3.26. The maximum Gasteiger partial charge on any atom is 0.337 e. The van der Waals surface area contributed by atoms with Crippen LogP contribution in [-0.2, 0) is 4.79 Å². The number of halogens is 1. The normalized spacial score (nSPS) is 12.3. The Bertz CT molecular complexity index is 389. The monoisotopic (exact) mass is 214 g/mol. The summed E-state index contributed by atoms with van der Waals surface area (Å²) >= 11 is 0. The molecule has 0 bridgehead atoms. The van der Waals surface area contributed by atoms with Gasteiger partial charge in [-0.05, 0) is 18.6 Å². The molecule has 0 aliphatic rings. The Morgan fingerprint density at radius 3 is 2.60 bits per heavy atom. The summed E-state index contributed by atoms with van der Waals surface area (Å²) in [6.07, 6.45) is -1.92. The first kappa shape index (κ1) is 11.5. The summed E-state index contributed by atoms with van der Waals surface area (Å²) in [5.74, 6) is -2.25. The zero-order valence-electron chi connectivity index (χ0n) is 8.32. The van der Waals surface area contributed by atoms with Gasteiger partial charge in [0.1, 0.15) is 11.6 Å². The molecule has 1 unspecified atom stereocenters. The number of aliphatic hydroxyl groups is 1. The molecule has 1 rings (SSSR count). The highest BCUT2D eigenvalue weighted by Gasteiger charge is 2.25. The Hall–Kier alpha value is -1.62. The van der Waals surface area contributed by atoms with Crippen LogP contribution < -0.4 is 4.74 Å². The minimum absolute atomic E-state index is 0.0601. The van der Waals surface area contributed by atoms with Crippen LogP contribution in [0.25, 0.3) is 0 Å². The first-order valence-electron chi connectivity index (χ1n) is 4.23. The second-order valence-corrected chi connectivity index (χ2v) is 3.05. The third-order valence-electron chi connectivity index (χ3n) is 2.05. The first-order valence-corrected chi connectivity index (χ1v) is 4.23. The lowest BCUT2D eigenvalue weighted by Gasteiger charge is -2.14. The van der Waals surface area contributed by atoms with Gasteiger partial charge in [-0.3, -0.25) is 0 Å². The van der Waals surface area contributed by atoms with E-state index in [1.807, 2.05) is 0 Å². The van der Waals surface area contributed by atoms with E-state index >= 15 is 0 Å². The van der Waals surface area contributed by atoms with Gasteiger partial charge in [-0.15, -0.1) is 0 Å². The van der Waals surface area contributed by atoms with Crippen LogP contribution in [0.1, 0.15) is 17.2 Å². The molecule has 0 fully saturated rings. The van der Waals surface area contributed by atoms with Crippen LogP contribution in [0.4, 0.5) is 4.39 Å². The van der Waals surface area contributed by atoms with Crippen molar-refractivity contribution < 1.29 is 24.1 Å². The van der Waals surface area contributed by atoms with Gasteiger partial charge >= 0.3 is 5.97 Å². The number of aliphatic hydroxyl groups excluding tert-OH is 1. The van der Waals surface area contributed by atoms with E-state index in [0.717, 1.165) is 6.07 Å². The molecule has 0 spiro atoms. The van der Waals surface area contributed by atoms with Gasteiger partial charge in [-0.25, -0.2) is 9.18 Å². The van der Waals surface area contributed by atoms with Crippen molar-refractivity contribution in [3.05, 3.63) is 29.1 Å². The predicted molar refractivity (Wildman–Crippen MR) is 50.3 cm³/mol. The van der Waals surface area contributed by atoms with Gasteiger partial charge in [-0.2, -0.15) is 0 Å². The smallest absolute Gasteiger partial charge is 0.337 e. The minimum Gasteiger partial charge on any atom is -0.496 e. The molecule has 1 aromatic carbocycles. The number of carbonyl (C=O) groups is 1. The van der Waals surface area contributed by atoms with E-state index in [-0.39, 0.29) is 11.3 Å². The molecule has 5 heteroatoms. The lowest BCUT2D eigenvalue weighted by atomic mass is 10.0. The summed E-state index contributed by atoms with van der Waals surface area (Å²) in [7, 11) is 1.29. The molecule has 0 amide bonds. The summed E-state index contributed by atoms with van der Waals surface area (Å²) in [5.41, 5.74) is 0.221. The molecular weight excluding hydrogens is 203 g/mol. The maximum absolute atomic E-state index is 13.3. The van der Waals surface area contributed by atoms with Crippen molar-refractivity contribution in [1.29, 1.82) is 0 Å². The molecule has 0 aromatic heterocycles. The zero-order chi connectivity index (χ0) is 11.6. The fourth-order valence-corrected chi connectivity index (χ4v) is 1.33. The van der Waals surface area contributed by atoms with Crippen LogP contribution in [0, 0.1) is 12.7 Å². The highest BCUT2D eigenvalue weighted by molar-refractivity contribution is 5.75. The summed E-state index contributed by atoms with van der Waals surface area (Å²) in [6.45, 7) is 1.64. The number of aliphatic carboxylic acids is 1. The molecule has 1 aromatic rings. The molecule has 4 nitrogen and oxygen atoms in total. The second-order valence-electron chi connectivity index (χ2n) is 3.05. The number of hydrogen-bond donors (Lipinski definition) is 2. The van der Waals surface area contributed by atoms with E-state index in [9.17, 15) is 14.3 Å². The molecular formula is C10H11FO4. The minimum atomic E-state index is -1.92. The molecule has 0 aliphatic carbocycles. The highest BCUT2D eigenvalue weighted by atomic mass is 19.1. The van der Waals surface area contributed by atoms with Gasteiger partial charge < -0.3 is 14.9 Å². The number of rotatable bonds is 3. The van der Waals surface area contributed by atoms with E-state index in [4.69, 9.17) is 9.84 Å². The summed E-state index contributed by atoms with van der Waals surface area (Å²) in [6, 6.07) is 2.55. The summed E-state index contributed by atoms with van der Waals surface area (Å²) < 4.78 is 18.2. The lowest BCUT2D eigenvalue weighted by molar-refractivity contribution is -0.147. The largest absolute Gasteiger partial charge is 0.496 e. The van der Waals surface area contributed by atoms with Crippen LogP contribution in [0.2, 0.25) is 0 Å². The molecule has 15 heavy (non-hydrogen) atoms. The molecule has 0 saturated heterocycles. The number of aryl methyl sites for hydroxylation is 1. The number of hydrogen-bond acceptors (Lipinski definition) is 3. The Morgan fingerprint density at radius 1 is 1.53 bits per heavy atom. The van der Waals surface area contributed by atoms with E-state index < -0.39 is 17.9 Å². The van der Waals surface area contributed by atoms with Gasteiger partial charge in [-0.1, -0.05) is 6.07 Å². The van der Waals surface area contributed by atoms with Crippen molar-refractivity contribution in [2.75, 3.05) is 7.11 Å². The molecule has 0 heterocycles. The number of ether oxygens (including phenoxy) is 1. The van der Waals surface area contributed by atoms with Crippen molar-refractivity contribution in [3.63, 3.8) is 0 Å². The number of methoxy groups -OCH3 is 1. The Balaban J connectivity index is 3.37. The number of benzene rings is 1. The molecule has 82 valence electrons. The molecule has 1 atom stereocenters. The average molecular weight is 214 g/mol. The average Bonchev–Trinajstić information content (AvgIpc) is 2.19. The molecule has 2 N–H and O–H groups in total. The molecule has 0 saturated carbocycles. The zero-order valence-corrected chi connectivity index (χ0v) is 8.32. The van der Waals surface area contributed by atoms with Crippen LogP contribution >= 0.6 is 0 Å². The predicted octanol–water partition coefficient (Wildman–Crippen LogP) is 1.26. The molecule has 0 aliphatic heterocycles. The summed E-state index contributed by atoms with van der Waals surface area (Å²) in [4.78, 5) is 10.6. The van der Waals surface area contributed by atoms with Crippen molar-refractivity contribution in [3.8, 4) is 5.75 Å². The second kappa shape index (κ2) is 4.27. The van der Waals surface area contributed by atoms with Gasteiger partial charge in [0, 0.05) is 0 Å². The standard InChI is InChI=1S/C10H11FO4/c1-5-3-4-6(11)7(9(5)15-2)8(12)10(13)14/h3-4,8,12H,1-2H3,(H,13,14). The van der Waals surface area contributed by atoms with Crippen LogP contribution in [0.15, 0.2) is 12.1 Å². The topological polar surface area (TPSA) is 66.8 Å². The van der Waals surface area contributed by atoms with Crippen molar-refractivity contribution in [2.45, 2.75) is 13.0 Å².